The van der Waals surface area contributed by atoms with Crippen LogP contribution in [0.4, 0.5) is 0 Å². The molecule has 0 heterocycles. The van der Waals surface area contributed by atoms with E-state index >= 15 is 0 Å². The van der Waals surface area contributed by atoms with Crippen LogP contribution >= 0.6 is 0 Å². The third kappa shape index (κ3) is 3.59. The SMILES string of the molecule is O=S(=O)([AsH])Cc1ccccc1. The quantitative estimate of drug-likeness (QED) is 0.691. The molecule has 1 aromatic carbocycles. The van der Waals surface area contributed by atoms with Crippen LogP contribution in [-0.4, -0.2) is 24.1 Å². The van der Waals surface area contributed by atoms with Crippen LogP contribution in [0, 0.1) is 0 Å². The summed E-state index contributed by atoms with van der Waals surface area (Å²) >= 11 is 1.24. The van der Waals surface area contributed by atoms with Gasteiger partial charge in [0.25, 0.3) is 0 Å². The Hall–Kier alpha value is -0.272. The van der Waals surface area contributed by atoms with E-state index in [0.717, 1.165) is 5.56 Å². The van der Waals surface area contributed by atoms with Crippen LogP contribution in [-0.2, 0) is 13.9 Å². The predicted molar refractivity (Wildman–Crippen MR) is 46.2 cm³/mol. The summed E-state index contributed by atoms with van der Waals surface area (Å²) < 4.78 is 21.6. The van der Waals surface area contributed by atoms with Crippen molar-refractivity contribution in [2.75, 3.05) is 0 Å². The molecule has 0 saturated heterocycles. The molecule has 1 radical (unpaired) electrons. The third-order valence-corrected chi connectivity index (χ3v) is 2.82. The van der Waals surface area contributed by atoms with Gasteiger partial charge in [-0.3, -0.25) is 0 Å². The fourth-order valence-corrected chi connectivity index (χ4v) is 2.47. The molecule has 0 spiro atoms. The molecule has 0 aliphatic rings. The Kier molecular flexibility index (Phi) is 2.74. The van der Waals surface area contributed by atoms with E-state index < -0.39 is 8.10 Å². The van der Waals surface area contributed by atoms with Gasteiger partial charge in [-0.1, -0.05) is 0 Å². The molecule has 11 heavy (non-hydrogen) atoms. The summed E-state index contributed by atoms with van der Waals surface area (Å²) in [5.74, 6) is 0.133. The molecule has 4 heteroatoms. The second kappa shape index (κ2) is 3.42. The third-order valence-electron chi connectivity index (χ3n) is 1.20. The first kappa shape index (κ1) is 8.82. The summed E-state index contributed by atoms with van der Waals surface area (Å²) in [5, 5.41) is 0. The summed E-state index contributed by atoms with van der Waals surface area (Å²) in [6, 6.07) is 9.15. The summed E-state index contributed by atoms with van der Waals surface area (Å²) in [6.07, 6.45) is 0. The second-order valence-corrected chi connectivity index (χ2v) is 7.68. The molecular formula is C7H8AsO2S. The molecule has 0 amide bonds. The van der Waals surface area contributed by atoms with Gasteiger partial charge in [0.1, 0.15) is 0 Å². The fourth-order valence-electron chi connectivity index (χ4n) is 0.794. The van der Waals surface area contributed by atoms with Gasteiger partial charge in [-0.25, -0.2) is 0 Å². The van der Waals surface area contributed by atoms with Gasteiger partial charge in [-0.05, 0) is 0 Å². The standard InChI is InChI=1S/C7H8AsO2S/c8-11(9,10)6-7-4-2-1-3-5-7/h1-5,8H,6H2. The molecule has 0 unspecified atom stereocenters. The molecule has 0 aliphatic carbocycles. The van der Waals surface area contributed by atoms with Gasteiger partial charge in [0, 0.05) is 0 Å². The van der Waals surface area contributed by atoms with Crippen LogP contribution in [0.5, 0.6) is 0 Å². The van der Waals surface area contributed by atoms with Gasteiger partial charge in [0.05, 0.1) is 0 Å². The van der Waals surface area contributed by atoms with E-state index in [1.165, 1.54) is 15.7 Å². The average molecular weight is 231 g/mol. The summed E-state index contributed by atoms with van der Waals surface area (Å²) in [7, 11) is -2.88. The van der Waals surface area contributed by atoms with Gasteiger partial charge in [0.2, 0.25) is 0 Å². The Bertz CT molecular complexity index is 318. The number of hydrogen-bond donors (Lipinski definition) is 0. The number of benzene rings is 1. The normalized spacial score (nSPS) is 11.4. The maximum atomic E-state index is 10.8. The molecule has 0 fully saturated rings. The first-order chi connectivity index (χ1) is 5.08. The Morgan fingerprint density at radius 3 is 2.18 bits per heavy atom. The molecule has 59 valence electrons. The fraction of sp³-hybridized carbons (Fsp3) is 0.143. The van der Waals surface area contributed by atoms with E-state index in [2.05, 4.69) is 0 Å². The van der Waals surface area contributed by atoms with E-state index in [0.29, 0.717) is 0 Å². The van der Waals surface area contributed by atoms with Crippen molar-refractivity contribution in [1.29, 1.82) is 0 Å². The molecule has 0 aromatic heterocycles. The average Bonchev–Trinajstić information content (AvgIpc) is 1.85. The molecule has 0 bridgehead atoms. The van der Waals surface area contributed by atoms with Gasteiger partial charge in [-0.15, -0.1) is 0 Å². The molecule has 0 aliphatic heterocycles. The Balaban J connectivity index is 2.82. The predicted octanol–water partition coefficient (Wildman–Crippen LogP) is 0.417. The second-order valence-electron chi connectivity index (χ2n) is 2.24. The van der Waals surface area contributed by atoms with Crippen LogP contribution < -0.4 is 0 Å². The van der Waals surface area contributed by atoms with Crippen LogP contribution in [0.3, 0.4) is 0 Å². The Morgan fingerprint density at radius 1 is 1.18 bits per heavy atom. The van der Waals surface area contributed by atoms with Crippen LogP contribution in [0.1, 0.15) is 5.56 Å². The summed E-state index contributed by atoms with van der Waals surface area (Å²) in [4.78, 5) is 0. The van der Waals surface area contributed by atoms with Crippen molar-refractivity contribution in [2.24, 2.45) is 0 Å². The van der Waals surface area contributed by atoms with E-state index in [9.17, 15) is 8.42 Å². The molecule has 0 saturated carbocycles. The number of hydrogen-bond acceptors (Lipinski definition) is 2. The van der Waals surface area contributed by atoms with Crippen molar-refractivity contribution in [3.8, 4) is 0 Å². The summed E-state index contributed by atoms with van der Waals surface area (Å²) in [6.45, 7) is 0. The van der Waals surface area contributed by atoms with Crippen molar-refractivity contribution in [3.05, 3.63) is 35.9 Å². The minimum atomic E-state index is -2.88. The molecule has 2 nitrogen and oxygen atoms in total. The zero-order valence-corrected chi connectivity index (χ0v) is 8.73. The molecule has 1 aromatic rings. The van der Waals surface area contributed by atoms with Gasteiger partial charge in [-0.2, -0.15) is 0 Å². The Labute approximate surface area is 74.0 Å². The van der Waals surface area contributed by atoms with Crippen molar-refractivity contribution < 1.29 is 8.42 Å². The Morgan fingerprint density at radius 2 is 1.73 bits per heavy atom. The van der Waals surface area contributed by atoms with Crippen molar-refractivity contribution in [1.82, 2.24) is 0 Å². The summed E-state index contributed by atoms with van der Waals surface area (Å²) in [5.41, 5.74) is 0.843. The maximum absolute atomic E-state index is 10.8. The van der Waals surface area contributed by atoms with Crippen molar-refractivity contribution in [2.45, 2.75) is 5.75 Å². The van der Waals surface area contributed by atoms with Crippen LogP contribution in [0.2, 0.25) is 0 Å². The molecule has 0 N–H and O–H groups in total. The van der Waals surface area contributed by atoms with E-state index in [1.54, 1.807) is 12.1 Å². The van der Waals surface area contributed by atoms with Gasteiger partial charge in [0.15, 0.2) is 0 Å². The van der Waals surface area contributed by atoms with E-state index in [1.807, 2.05) is 18.2 Å². The topological polar surface area (TPSA) is 34.1 Å². The minimum absolute atomic E-state index is 0.133. The van der Waals surface area contributed by atoms with E-state index in [-0.39, 0.29) is 5.75 Å². The first-order valence-corrected chi connectivity index (χ1v) is 7.31. The molecular weight excluding hydrogens is 223 g/mol. The van der Waals surface area contributed by atoms with Gasteiger partial charge >= 0.3 is 73.9 Å². The zero-order valence-electron chi connectivity index (χ0n) is 5.82. The number of rotatable bonds is 2. The monoisotopic (exact) mass is 231 g/mol. The van der Waals surface area contributed by atoms with Crippen molar-refractivity contribution >= 4 is 23.8 Å². The van der Waals surface area contributed by atoms with Crippen molar-refractivity contribution in [3.63, 3.8) is 0 Å². The van der Waals surface area contributed by atoms with Gasteiger partial charge < -0.3 is 0 Å². The van der Waals surface area contributed by atoms with Crippen LogP contribution in [0.15, 0.2) is 30.3 Å². The molecule has 1 rings (SSSR count). The first-order valence-electron chi connectivity index (χ1n) is 3.09. The zero-order chi connectivity index (χ0) is 8.32. The van der Waals surface area contributed by atoms with E-state index in [4.69, 9.17) is 0 Å². The molecule has 0 atom stereocenters. The van der Waals surface area contributed by atoms with Crippen LogP contribution in [0.25, 0.3) is 0 Å².